The number of rotatable bonds is 3. The van der Waals surface area contributed by atoms with Gasteiger partial charge in [-0.25, -0.2) is 4.98 Å². The minimum atomic E-state index is -0.544. The second kappa shape index (κ2) is 4.83. The van der Waals surface area contributed by atoms with E-state index >= 15 is 0 Å². The van der Waals surface area contributed by atoms with Gasteiger partial charge in [0.1, 0.15) is 5.75 Å². The van der Waals surface area contributed by atoms with E-state index in [1.807, 2.05) is 6.07 Å². The summed E-state index contributed by atoms with van der Waals surface area (Å²) in [5.74, 6) is 0.471. The van der Waals surface area contributed by atoms with Crippen molar-refractivity contribution in [2.24, 2.45) is 0 Å². The van der Waals surface area contributed by atoms with Gasteiger partial charge in [-0.15, -0.1) is 0 Å². The van der Waals surface area contributed by atoms with Gasteiger partial charge in [-0.2, -0.15) is 0 Å². The minimum Gasteiger partial charge on any atom is -0.434 e. The van der Waals surface area contributed by atoms with E-state index in [1.165, 1.54) is 0 Å². The van der Waals surface area contributed by atoms with E-state index in [0.29, 0.717) is 17.0 Å². The smallest absolute Gasteiger partial charge is 0.339 e. The first-order valence-corrected chi connectivity index (χ1v) is 5.35. The summed E-state index contributed by atoms with van der Waals surface area (Å²) in [4.78, 5) is 14.5. The third-order valence-corrected chi connectivity index (χ3v) is 2.46. The summed E-state index contributed by atoms with van der Waals surface area (Å²) in [5, 5.41) is 10.9. The molecule has 5 nitrogen and oxygen atoms in total. The van der Waals surface area contributed by atoms with Crippen molar-refractivity contribution in [2.75, 3.05) is 0 Å². The Bertz CT molecular complexity index is 582. The number of pyridine rings is 1. The van der Waals surface area contributed by atoms with Gasteiger partial charge in [0.25, 0.3) is 0 Å². The maximum absolute atomic E-state index is 10.9. The third kappa shape index (κ3) is 2.45. The predicted octanol–water partition coefficient (Wildman–Crippen LogP) is 3.20. The molecule has 18 heavy (non-hydrogen) atoms. The Morgan fingerprint density at radius 1 is 1.28 bits per heavy atom. The summed E-state index contributed by atoms with van der Waals surface area (Å²) in [6.45, 7) is 3.48. The molecular weight excluding hydrogens is 232 g/mol. The lowest BCUT2D eigenvalue weighted by Gasteiger charge is -2.07. The van der Waals surface area contributed by atoms with E-state index in [4.69, 9.17) is 4.74 Å². The monoisotopic (exact) mass is 243 g/mol. The lowest BCUT2D eigenvalue weighted by molar-refractivity contribution is -0.386. The van der Waals surface area contributed by atoms with E-state index in [-0.39, 0.29) is 11.6 Å². The number of aromatic nitrogens is 1. The van der Waals surface area contributed by atoms with Gasteiger partial charge < -0.3 is 4.74 Å². The van der Waals surface area contributed by atoms with Crippen LogP contribution < -0.4 is 4.74 Å². The zero-order valence-electron chi connectivity index (χ0n) is 10.0. The minimum absolute atomic E-state index is 0.0331. The molecule has 1 aromatic carbocycles. The average Bonchev–Trinajstić information content (AvgIpc) is 2.34. The SMILES string of the molecule is Cc1[c]c([N+](=O)[O-])c(Oc2ccccc2)nc1C. The zero-order valence-corrected chi connectivity index (χ0v) is 10.0. The Morgan fingerprint density at radius 2 is 1.94 bits per heavy atom. The average molecular weight is 243 g/mol. The van der Waals surface area contributed by atoms with Crippen LogP contribution >= 0.6 is 0 Å². The molecule has 0 fully saturated rings. The molecule has 1 radical (unpaired) electrons. The van der Waals surface area contributed by atoms with Crippen molar-refractivity contribution >= 4 is 5.69 Å². The van der Waals surface area contributed by atoms with E-state index in [1.54, 1.807) is 38.1 Å². The van der Waals surface area contributed by atoms with Crippen molar-refractivity contribution in [3.8, 4) is 11.6 Å². The van der Waals surface area contributed by atoms with Gasteiger partial charge in [0.15, 0.2) is 0 Å². The summed E-state index contributed by atoms with van der Waals surface area (Å²) < 4.78 is 5.42. The molecule has 0 aliphatic carbocycles. The molecule has 2 aromatic rings. The van der Waals surface area contributed by atoms with Crippen LogP contribution in [0.3, 0.4) is 0 Å². The molecule has 2 rings (SSSR count). The predicted molar refractivity (Wildman–Crippen MR) is 65.7 cm³/mol. The summed E-state index contributed by atoms with van der Waals surface area (Å²) >= 11 is 0. The number of hydrogen-bond acceptors (Lipinski definition) is 4. The number of hydrogen-bond donors (Lipinski definition) is 0. The number of benzene rings is 1. The largest absolute Gasteiger partial charge is 0.434 e. The van der Waals surface area contributed by atoms with Crippen LogP contribution in [0.1, 0.15) is 11.3 Å². The Morgan fingerprint density at radius 3 is 2.56 bits per heavy atom. The van der Waals surface area contributed by atoms with Crippen molar-refractivity contribution in [3.63, 3.8) is 0 Å². The fraction of sp³-hybridized carbons (Fsp3) is 0.154. The Labute approximate surface area is 104 Å². The van der Waals surface area contributed by atoms with Gasteiger partial charge in [0, 0.05) is 5.69 Å². The van der Waals surface area contributed by atoms with Gasteiger partial charge in [0.2, 0.25) is 0 Å². The fourth-order valence-electron chi connectivity index (χ4n) is 1.41. The quantitative estimate of drug-likeness (QED) is 0.613. The highest BCUT2D eigenvalue weighted by Gasteiger charge is 2.20. The van der Waals surface area contributed by atoms with E-state index < -0.39 is 4.92 Å². The maximum atomic E-state index is 10.9. The van der Waals surface area contributed by atoms with Gasteiger partial charge in [0.05, 0.1) is 11.0 Å². The van der Waals surface area contributed by atoms with E-state index in [9.17, 15) is 10.1 Å². The van der Waals surface area contributed by atoms with Gasteiger partial charge in [-0.05, 0) is 31.5 Å². The number of ether oxygens (including phenoxy) is 1. The third-order valence-electron chi connectivity index (χ3n) is 2.46. The molecule has 1 heterocycles. The first-order chi connectivity index (χ1) is 8.58. The van der Waals surface area contributed by atoms with Gasteiger partial charge in [-0.1, -0.05) is 18.2 Å². The molecule has 0 N–H and O–H groups in total. The molecule has 91 valence electrons. The molecule has 0 atom stereocenters. The van der Waals surface area contributed by atoms with Gasteiger partial charge >= 0.3 is 11.6 Å². The van der Waals surface area contributed by atoms with Crippen LogP contribution in [0.5, 0.6) is 11.6 Å². The van der Waals surface area contributed by atoms with E-state index in [0.717, 1.165) is 0 Å². The highest BCUT2D eigenvalue weighted by atomic mass is 16.6. The summed E-state index contributed by atoms with van der Waals surface area (Å²) in [5.41, 5.74) is 1.05. The molecule has 0 aliphatic heterocycles. The number of aryl methyl sites for hydroxylation is 2. The summed E-state index contributed by atoms with van der Waals surface area (Å²) in [7, 11) is 0. The highest BCUT2D eigenvalue weighted by Crippen LogP contribution is 2.30. The van der Waals surface area contributed by atoms with Crippen LogP contribution in [0.2, 0.25) is 0 Å². The van der Waals surface area contributed by atoms with Crippen molar-refractivity contribution in [1.82, 2.24) is 4.98 Å². The standard InChI is InChI=1S/C13H11N2O3/c1-9-8-12(15(16)17)13(14-10(9)2)18-11-6-4-3-5-7-11/h3-7H,1-2H3. The Balaban J connectivity index is 2.43. The molecule has 0 amide bonds. The Hall–Kier alpha value is -2.43. The van der Waals surface area contributed by atoms with Crippen LogP contribution in [-0.4, -0.2) is 9.91 Å². The van der Waals surface area contributed by atoms with Crippen molar-refractivity contribution in [1.29, 1.82) is 0 Å². The topological polar surface area (TPSA) is 65.3 Å². The Kier molecular flexibility index (Phi) is 3.23. The number of nitrogens with zero attached hydrogens (tertiary/aromatic N) is 2. The number of para-hydroxylation sites is 1. The van der Waals surface area contributed by atoms with Crippen molar-refractivity contribution in [2.45, 2.75) is 13.8 Å². The molecule has 0 aliphatic rings. The van der Waals surface area contributed by atoms with Crippen LogP contribution in [0.4, 0.5) is 5.69 Å². The normalized spacial score (nSPS) is 10.1. The van der Waals surface area contributed by atoms with Crippen molar-refractivity contribution in [3.05, 3.63) is 57.8 Å². The second-order valence-electron chi connectivity index (χ2n) is 3.77. The second-order valence-corrected chi connectivity index (χ2v) is 3.77. The molecule has 0 unspecified atom stereocenters. The molecule has 0 saturated heterocycles. The molecule has 0 bridgehead atoms. The molecular formula is C13H11N2O3. The molecule has 0 spiro atoms. The van der Waals surface area contributed by atoms with E-state index in [2.05, 4.69) is 11.1 Å². The number of nitro groups is 1. The fourth-order valence-corrected chi connectivity index (χ4v) is 1.41. The van der Waals surface area contributed by atoms with Gasteiger partial charge in [-0.3, -0.25) is 10.1 Å². The molecule has 1 aromatic heterocycles. The van der Waals surface area contributed by atoms with Crippen LogP contribution in [0.25, 0.3) is 0 Å². The molecule has 0 saturated carbocycles. The van der Waals surface area contributed by atoms with Crippen LogP contribution in [-0.2, 0) is 0 Å². The highest BCUT2D eigenvalue weighted by molar-refractivity contribution is 5.45. The van der Waals surface area contributed by atoms with Crippen LogP contribution in [0, 0.1) is 30.0 Å². The lowest BCUT2D eigenvalue weighted by Crippen LogP contribution is -1.99. The maximum Gasteiger partial charge on any atom is 0.339 e. The first kappa shape index (κ1) is 12.0. The first-order valence-electron chi connectivity index (χ1n) is 5.35. The molecule has 5 heteroatoms. The lowest BCUT2D eigenvalue weighted by atomic mass is 10.2. The summed E-state index contributed by atoms with van der Waals surface area (Å²) in [6, 6.07) is 11.5. The summed E-state index contributed by atoms with van der Waals surface area (Å²) in [6.07, 6.45) is 0. The van der Waals surface area contributed by atoms with Crippen LogP contribution in [0.15, 0.2) is 30.3 Å². The van der Waals surface area contributed by atoms with Crippen molar-refractivity contribution < 1.29 is 9.66 Å². The zero-order chi connectivity index (χ0) is 13.1.